The van der Waals surface area contributed by atoms with Gasteiger partial charge in [0.05, 0.1) is 0 Å². The lowest BCUT2D eigenvalue weighted by Gasteiger charge is -2.25. The van der Waals surface area contributed by atoms with Gasteiger partial charge in [-0.15, -0.1) is 24.0 Å². The monoisotopic (exact) mass is 540 g/mol. The Bertz CT molecular complexity index is 819. The summed E-state index contributed by atoms with van der Waals surface area (Å²) in [7, 11) is 3.94. The molecule has 0 spiro atoms. The molecule has 0 radical (unpaired) electrons. The summed E-state index contributed by atoms with van der Waals surface area (Å²) in [4.78, 5) is 12.9. The van der Waals surface area contributed by atoms with E-state index >= 15 is 0 Å². The van der Waals surface area contributed by atoms with E-state index in [2.05, 4.69) is 63.7 Å². The van der Waals surface area contributed by atoms with E-state index < -0.39 is 0 Å². The van der Waals surface area contributed by atoms with Gasteiger partial charge in [-0.05, 0) is 44.5 Å². The van der Waals surface area contributed by atoms with Crippen molar-refractivity contribution in [3.63, 3.8) is 0 Å². The average molecular weight is 540 g/mol. The molecule has 1 saturated heterocycles. The minimum Gasteiger partial charge on any atom is -0.356 e. The van der Waals surface area contributed by atoms with Gasteiger partial charge in [0.2, 0.25) is 0 Å². The molecule has 2 unspecified atom stereocenters. The number of halogens is 2. The minimum atomic E-state index is -0.269. The van der Waals surface area contributed by atoms with Gasteiger partial charge in [0.1, 0.15) is 0 Å². The predicted octanol–water partition coefficient (Wildman–Crippen LogP) is 3.49. The number of hydrogen-bond donors (Lipinski definition) is 2. The summed E-state index contributed by atoms with van der Waals surface area (Å²) in [6.07, 6.45) is 3.57. The summed E-state index contributed by atoms with van der Waals surface area (Å²) in [5, 5.41) is 6.88. The Morgan fingerprint density at radius 2 is 2.06 bits per heavy atom. The molecule has 0 saturated carbocycles. The summed E-state index contributed by atoms with van der Waals surface area (Å²) in [6, 6.07) is 14.3. The van der Waals surface area contributed by atoms with Crippen LogP contribution in [0.2, 0.25) is 0 Å². The molecule has 0 bridgehead atoms. The molecule has 1 aromatic heterocycles. The van der Waals surface area contributed by atoms with E-state index in [1.807, 2.05) is 11.0 Å². The maximum absolute atomic E-state index is 14.0. The lowest BCUT2D eigenvalue weighted by molar-refractivity contribution is 0.238. The van der Waals surface area contributed by atoms with Crippen molar-refractivity contribution in [3.8, 4) is 0 Å². The van der Waals surface area contributed by atoms with Crippen molar-refractivity contribution in [3.05, 3.63) is 60.0 Å². The first-order chi connectivity index (χ1) is 14.6. The zero-order chi connectivity index (χ0) is 21.3. The molecule has 6 nitrogen and oxygen atoms in total. The number of anilines is 1. The van der Waals surface area contributed by atoms with Gasteiger partial charge in [-0.3, -0.25) is 9.89 Å². The maximum Gasteiger partial charge on any atom is 0.191 e. The molecule has 31 heavy (non-hydrogen) atoms. The van der Waals surface area contributed by atoms with Crippen molar-refractivity contribution in [2.24, 2.45) is 4.99 Å². The Labute approximate surface area is 202 Å². The normalized spacial score (nSPS) is 17.4. The molecule has 8 heteroatoms. The fourth-order valence-corrected chi connectivity index (χ4v) is 3.72. The van der Waals surface area contributed by atoms with Crippen molar-refractivity contribution < 1.29 is 4.39 Å². The van der Waals surface area contributed by atoms with Crippen LogP contribution in [0.1, 0.15) is 25.3 Å². The van der Waals surface area contributed by atoms with Crippen molar-refractivity contribution >= 4 is 35.8 Å². The number of aliphatic imine (C=N–C) groups is 1. The van der Waals surface area contributed by atoms with Crippen LogP contribution in [0.15, 0.2) is 53.7 Å². The smallest absolute Gasteiger partial charge is 0.191 e. The Morgan fingerprint density at radius 3 is 2.77 bits per heavy atom. The summed E-state index contributed by atoms with van der Waals surface area (Å²) < 4.78 is 14.0. The molecule has 0 aliphatic carbocycles. The fraction of sp³-hybridized carbons (Fsp3) is 0.478. The maximum atomic E-state index is 14.0. The molecule has 2 heterocycles. The number of nitrogens with zero attached hydrogens (tertiary/aromatic N) is 4. The predicted molar refractivity (Wildman–Crippen MR) is 137 cm³/mol. The third-order valence-corrected chi connectivity index (χ3v) is 5.67. The second-order valence-electron chi connectivity index (χ2n) is 7.92. The Hall–Kier alpha value is -1.94. The number of rotatable bonds is 8. The van der Waals surface area contributed by atoms with Crippen LogP contribution in [0.5, 0.6) is 0 Å². The molecule has 1 fully saturated rings. The van der Waals surface area contributed by atoms with Gasteiger partial charge in [-0.25, -0.2) is 9.37 Å². The first-order valence-electron chi connectivity index (χ1n) is 10.6. The molecule has 2 aromatic rings. The fourth-order valence-electron chi connectivity index (χ4n) is 3.72. The Balaban J connectivity index is 0.00000341. The molecular formula is C23H34FIN6. The number of pyridine rings is 1. The zero-order valence-electron chi connectivity index (χ0n) is 18.6. The third kappa shape index (κ3) is 7.60. The number of guanidine groups is 1. The van der Waals surface area contributed by atoms with Gasteiger partial charge >= 0.3 is 0 Å². The highest BCUT2D eigenvalue weighted by Crippen LogP contribution is 2.20. The van der Waals surface area contributed by atoms with Crippen LogP contribution in [0.4, 0.5) is 10.2 Å². The molecule has 170 valence electrons. The van der Waals surface area contributed by atoms with Crippen LogP contribution >= 0.6 is 24.0 Å². The second kappa shape index (κ2) is 12.8. The number of benzene rings is 1. The van der Waals surface area contributed by atoms with Crippen LogP contribution in [-0.4, -0.2) is 61.7 Å². The van der Waals surface area contributed by atoms with Gasteiger partial charge in [0, 0.05) is 51.5 Å². The zero-order valence-corrected chi connectivity index (χ0v) is 20.9. The molecule has 1 aromatic carbocycles. The molecule has 1 aliphatic rings. The molecular weight excluding hydrogens is 506 g/mol. The van der Waals surface area contributed by atoms with E-state index in [0.29, 0.717) is 18.4 Å². The number of hydrogen-bond acceptors (Lipinski definition) is 4. The minimum absolute atomic E-state index is 0. The lowest BCUT2D eigenvalue weighted by Crippen LogP contribution is -2.45. The van der Waals surface area contributed by atoms with E-state index in [0.717, 1.165) is 38.4 Å². The second-order valence-corrected chi connectivity index (χ2v) is 7.92. The van der Waals surface area contributed by atoms with E-state index in [4.69, 9.17) is 0 Å². The van der Waals surface area contributed by atoms with Gasteiger partial charge < -0.3 is 15.5 Å². The van der Waals surface area contributed by atoms with Gasteiger partial charge in [0.25, 0.3) is 0 Å². The topological polar surface area (TPSA) is 55.8 Å². The quantitative estimate of drug-likeness (QED) is 0.305. The standard InChI is InChI=1S/C23H33FN6.HI/c1-18(29(3)16-19-8-5-4-6-9-19)11-14-27-23(25-2)28-20-12-15-30(17-20)22-21(24)10-7-13-26-22;/h4-10,13,18,20H,11-12,14-17H2,1-3H3,(H2,25,27,28);1H. The largest absolute Gasteiger partial charge is 0.356 e. The highest BCUT2D eigenvalue weighted by atomic mass is 127. The van der Waals surface area contributed by atoms with E-state index in [1.54, 1.807) is 19.3 Å². The first kappa shape index (κ1) is 25.3. The summed E-state index contributed by atoms with van der Waals surface area (Å²) in [6.45, 7) is 5.52. The summed E-state index contributed by atoms with van der Waals surface area (Å²) >= 11 is 0. The SMILES string of the molecule is CN=C(NCCC(C)N(C)Cc1ccccc1)NC1CCN(c2ncccc2F)C1.I. The summed E-state index contributed by atoms with van der Waals surface area (Å²) in [5.41, 5.74) is 1.33. The van der Waals surface area contributed by atoms with Crippen LogP contribution in [0, 0.1) is 5.82 Å². The molecule has 2 N–H and O–H groups in total. The van der Waals surface area contributed by atoms with E-state index in [-0.39, 0.29) is 35.8 Å². The van der Waals surface area contributed by atoms with Gasteiger partial charge in [-0.1, -0.05) is 30.3 Å². The van der Waals surface area contributed by atoms with Crippen molar-refractivity contribution in [1.29, 1.82) is 0 Å². The van der Waals surface area contributed by atoms with Crippen LogP contribution < -0.4 is 15.5 Å². The Morgan fingerprint density at radius 1 is 1.29 bits per heavy atom. The van der Waals surface area contributed by atoms with Crippen molar-refractivity contribution in [1.82, 2.24) is 20.5 Å². The van der Waals surface area contributed by atoms with Crippen LogP contribution in [-0.2, 0) is 6.54 Å². The number of aromatic nitrogens is 1. The lowest BCUT2D eigenvalue weighted by atomic mass is 10.1. The van der Waals surface area contributed by atoms with E-state index in [1.165, 1.54) is 11.6 Å². The first-order valence-corrected chi connectivity index (χ1v) is 10.6. The average Bonchev–Trinajstić information content (AvgIpc) is 3.22. The highest BCUT2D eigenvalue weighted by molar-refractivity contribution is 14.0. The van der Waals surface area contributed by atoms with E-state index in [9.17, 15) is 4.39 Å². The Kier molecular flexibility index (Phi) is 10.5. The highest BCUT2D eigenvalue weighted by Gasteiger charge is 2.25. The molecule has 2 atom stereocenters. The molecule has 1 aliphatic heterocycles. The van der Waals surface area contributed by atoms with Crippen molar-refractivity contribution in [2.75, 3.05) is 38.6 Å². The molecule has 0 amide bonds. The van der Waals surface area contributed by atoms with Gasteiger partial charge in [0.15, 0.2) is 17.6 Å². The van der Waals surface area contributed by atoms with Crippen LogP contribution in [0.25, 0.3) is 0 Å². The summed E-state index contributed by atoms with van der Waals surface area (Å²) in [5.74, 6) is 0.954. The van der Waals surface area contributed by atoms with Crippen LogP contribution in [0.3, 0.4) is 0 Å². The number of nitrogens with one attached hydrogen (secondary N) is 2. The third-order valence-electron chi connectivity index (χ3n) is 5.67. The molecule has 3 rings (SSSR count). The van der Waals surface area contributed by atoms with Crippen molar-refractivity contribution in [2.45, 2.75) is 38.4 Å². The van der Waals surface area contributed by atoms with Gasteiger partial charge in [-0.2, -0.15) is 0 Å².